The quantitative estimate of drug-likeness (QED) is 0.763. The zero-order chi connectivity index (χ0) is 10.8. The lowest BCUT2D eigenvalue weighted by molar-refractivity contribution is 1.33. The van der Waals surface area contributed by atoms with Crippen LogP contribution in [0.25, 0.3) is 10.9 Å². The molecule has 0 saturated heterocycles. The van der Waals surface area contributed by atoms with E-state index in [0.717, 1.165) is 22.2 Å². The van der Waals surface area contributed by atoms with Gasteiger partial charge in [0.2, 0.25) is 0 Å². The predicted octanol–water partition coefficient (Wildman–Crippen LogP) is 2.46. The molecule has 0 bridgehead atoms. The molecule has 1 aromatic carbocycles. The van der Waals surface area contributed by atoms with Gasteiger partial charge in [0.25, 0.3) is 0 Å². The highest BCUT2D eigenvalue weighted by Gasteiger charge is 2.07. The number of fused-ring (bicyclic) bond motifs is 1. The molecular weight excluding hydrogens is 186 g/mol. The lowest BCUT2D eigenvalue weighted by Crippen LogP contribution is -1.96. The van der Waals surface area contributed by atoms with Gasteiger partial charge < -0.3 is 5.32 Å². The summed E-state index contributed by atoms with van der Waals surface area (Å²) in [6.07, 6.45) is 1.61. The van der Waals surface area contributed by atoms with E-state index in [0.29, 0.717) is 5.56 Å². The second kappa shape index (κ2) is 3.58. The Labute approximate surface area is 88.4 Å². The minimum absolute atomic E-state index is 0.579. The molecule has 0 fully saturated rings. The number of nitrogens with zero attached hydrogens (tertiary/aromatic N) is 2. The molecule has 0 unspecified atom stereocenters. The van der Waals surface area contributed by atoms with Crippen LogP contribution >= 0.6 is 0 Å². The summed E-state index contributed by atoms with van der Waals surface area (Å²) in [5, 5.41) is 13.0. The van der Waals surface area contributed by atoms with E-state index in [-0.39, 0.29) is 0 Å². The largest absolute Gasteiger partial charge is 0.386 e. The summed E-state index contributed by atoms with van der Waals surface area (Å²) in [6.45, 7) is 2.01. The molecule has 0 aliphatic carbocycles. The first kappa shape index (κ1) is 9.47. The van der Waals surface area contributed by atoms with Crippen LogP contribution in [0.4, 0.5) is 5.69 Å². The number of nitrogens with one attached hydrogen (secondary N) is 1. The Balaban J connectivity index is 2.90. The minimum Gasteiger partial charge on any atom is -0.386 e. The Bertz CT molecular complexity index is 553. The van der Waals surface area contributed by atoms with Gasteiger partial charge in [0, 0.05) is 18.6 Å². The van der Waals surface area contributed by atoms with Crippen LogP contribution in [-0.2, 0) is 0 Å². The minimum atomic E-state index is 0.579. The fourth-order valence-electron chi connectivity index (χ4n) is 1.72. The maximum absolute atomic E-state index is 8.95. The van der Waals surface area contributed by atoms with Crippen LogP contribution < -0.4 is 5.32 Å². The van der Waals surface area contributed by atoms with Crippen molar-refractivity contribution in [1.29, 1.82) is 5.26 Å². The van der Waals surface area contributed by atoms with Gasteiger partial charge >= 0.3 is 0 Å². The van der Waals surface area contributed by atoms with Gasteiger partial charge in [0.15, 0.2) is 0 Å². The summed E-state index contributed by atoms with van der Waals surface area (Å²) in [7, 11) is 1.82. The third kappa shape index (κ3) is 1.40. The zero-order valence-electron chi connectivity index (χ0n) is 8.70. The number of para-hydroxylation sites is 1. The maximum Gasteiger partial charge on any atom is 0.103 e. The number of pyridine rings is 1. The number of anilines is 1. The molecule has 3 nitrogen and oxygen atoms in total. The summed E-state index contributed by atoms with van der Waals surface area (Å²) < 4.78 is 0. The molecule has 0 aliphatic heterocycles. The van der Waals surface area contributed by atoms with Crippen LogP contribution in [0.2, 0.25) is 0 Å². The van der Waals surface area contributed by atoms with E-state index in [1.807, 2.05) is 32.2 Å². The molecule has 0 atom stereocenters. The van der Waals surface area contributed by atoms with Crippen LogP contribution in [0.15, 0.2) is 24.4 Å². The highest BCUT2D eigenvalue weighted by atomic mass is 14.8. The molecule has 15 heavy (non-hydrogen) atoms. The van der Waals surface area contributed by atoms with E-state index < -0.39 is 0 Å². The van der Waals surface area contributed by atoms with E-state index in [1.54, 1.807) is 6.20 Å². The number of benzene rings is 1. The lowest BCUT2D eigenvalue weighted by Gasteiger charge is -2.08. The molecule has 1 heterocycles. The Hall–Kier alpha value is -2.08. The van der Waals surface area contributed by atoms with Gasteiger partial charge in [0.05, 0.1) is 16.8 Å². The number of hydrogen-bond donors (Lipinski definition) is 1. The standard InChI is InChI=1S/C12H11N3/c1-8-4-3-5-10-11(8)15-7-9(6-13)12(10)14-2/h3-5,7H,1-2H3,(H,14,15). The SMILES string of the molecule is CNc1c(C#N)cnc2c(C)cccc12. The van der Waals surface area contributed by atoms with E-state index in [2.05, 4.69) is 16.4 Å². The van der Waals surface area contributed by atoms with Gasteiger partial charge in [-0.05, 0) is 12.5 Å². The molecule has 2 aromatic rings. The molecule has 0 amide bonds. The number of nitriles is 1. The van der Waals surface area contributed by atoms with E-state index >= 15 is 0 Å². The first-order valence-corrected chi connectivity index (χ1v) is 4.74. The van der Waals surface area contributed by atoms with Crippen LogP contribution in [0.1, 0.15) is 11.1 Å². The lowest BCUT2D eigenvalue weighted by atomic mass is 10.1. The Morgan fingerprint density at radius 3 is 2.87 bits per heavy atom. The molecule has 0 aliphatic rings. The van der Waals surface area contributed by atoms with Gasteiger partial charge in [0.1, 0.15) is 6.07 Å². The fourth-order valence-corrected chi connectivity index (χ4v) is 1.72. The molecule has 74 valence electrons. The Kier molecular flexibility index (Phi) is 2.26. The number of hydrogen-bond acceptors (Lipinski definition) is 3. The molecule has 3 heteroatoms. The van der Waals surface area contributed by atoms with Crippen molar-refractivity contribution < 1.29 is 0 Å². The molecular formula is C12H11N3. The van der Waals surface area contributed by atoms with E-state index in [4.69, 9.17) is 5.26 Å². The monoisotopic (exact) mass is 197 g/mol. The third-order valence-corrected chi connectivity index (χ3v) is 2.47. The van der Waals surface area contributed by atoms with Gasteiger partial charge in [-0.25, -0.2) is 0 Å². The second-order valence-corrected chi connectivity index (χ2v) is 3.38. The first-order chi connectivity index (χ1) is 7.27. The van der Waals surface area contributed by atoms with Crippen LogP contribution in [0.3, 0.4) is 0 Å². The van der Waals surface area contributed by atoms with Crippen molar-refractivity contribution in [3.8, 4) is 6.07 Å². The first-order valence-electron chi connectivity index (χ1n) is 4.74. The smallest absolute Gasteiger partial charge is 0.103 e. The van der Waals surface area contributed by atoms with E-state index in [9.17, 15) is 0 Å². The predicted molar refractivity (Wildman–Crippen MR) is 60.7 cm³/mol. The molecule has 0 saturated carbocycles. The summed E-state index contributed by atoms with van der Waals surface area (Å²) in [4.78, 5) is 4.30. The van der Waals surface area contributed by atoms with E-state index in [1.165, 1.54) is 0 Å². The Morgan fingerprint density at radius 2 is 2.20 bits per heavy atom. The average molecular weight is 197 g/mol. The number of aromatic nitrogens is 1. The van der Waals surface area contributed by atoms with Gasteiger partial charge in [-0.15, -0.1) is 0 Å². The number of rotatable bonds is 1. The highest BCUT2D eigenvalue weighted by Crippen LogP contribution is 2.26. The second-order valence-electron chi connectivity index (χ2n) is 3.38. The fraction of sp³-hybridized carbons (Fsp3) is 0.167. The van der Waals surface area contributed by atoms with Crippen LogP contribution in [-0.4, -0.2) is 12.0 Å². The maximum atomic E-state index is 8.95. The van der Waals surface area contributed by atoms with Crippen molar-refractivity contribution in [3.63, 3.8) is 0 Å². The van der Waals surface area contributed by atoms with Gasteiger partial charge in [-0.2, -0.15) is 5.26 Å². The summed E-state index contributed by atoms with van der Waals surface area (Å²) in [6, 6.07) is 8.10. The topological polar surface area (TPSA) is 48.7 Å². The molecule has 1 N–H and O–H groups in total. The molecule has 0 spiro atoms. The molecule has 1 aromatic heterocycles. The van der Waals surface area contributed by atoms with Gasteiger partial charge in [-0.3, -0.25) is 4.98 Å². The summed E-state index contributed by atoms with van der Waals surface area (Å²) in [5.41, 5.74) is 3.50. The summed E-state index contributed by atoms with van der Waals surface area (Å²) >= 11 is 0. The summed E-state index contributed by atoms with van der Waals surface area (Å²) in [5.74, 6) is 0. The van der Waals surface area contributed by atoms with Crippen LogP contribution in [0.5, 0.6) is 0 Å². The average Bonchev–Trinajstić information content (AvgIpc) is 2.28. The number of aryl methyl sites for hydroxylation is 1. The molecule has 0 radical (unpaired) electrons. The van der Waals surface area contributed by atoms with Crippen molar-refractivity contribution in [3.05, 3.63) is 35.5 Å². The van der Waals surface area contributed by atoms with Crippen molar-refractivity contribution in [2.75, 3.05) is 12.4 Å². The van der Waals surface area contributed by atoms with Crippen molar-refractivity contribution >= 4 is 16.6 Å². The normalized spacial score (nSPS) is 9.93. The van der Waals surface area contributed by atoms with Gasteiger partial charge in [-0.1, -0.05) is 18.2 Å². The zero-order valence-corrected chi connectivity index (χ0v) is 8.70. The van der Waals surface area contributed by atoms with Crippen molar-refractivity contribution in [1.82, 2.24) is 4.98 Å². The Morgan fingerprint density at radius 1 is 1.40 bits per heavy atom. The van der Waals surface area contributed by atoms with Crippen molar-refractivity contribution in [2.24, 2.45) is 0 Å². The van der Waals surface area contributed by atoms with Crippen LogP contribution in [0, 0.1) is 18.3 Å². The third-order valence-electron chi connectivity index (χ3n) is 2.47. The highest BCUT2D eigenvalue weighted by molar-refractivity contribution is 5.95. The van der Waals surface area contributed by atoms with Crippen molar-refractivity contribution in [2.45, 2.75) is 6.92 Å². The molecule has 2 rings (SSSR count).